The molecule has 3 nitrogen and oxygen atoms in total. The van der Waals surface area contributed by atoms with Gasteiger partial charge in [0.2, 0.25) is 0 Å². The number of rotatable bonds is 5. The molecule has 0 aliphatic rings. The van der Waals surface area contributed by atoms with Crippen LogP contribution in [0.3, 0.4) is 0 Å². The quantitative estimate of drug-likeness (QED) is 0.893. The van der Waals surface area contributed by atoms with Crippen LogP contribution in [0.1, 0.15) is 55.4 Å². The molecule has 0 saturated heterocycles. The first kappa shape index (κ1) is 14.8. The van der Waals surface area contributed by atoms with Crippen LogP contribution in [0.25, 0.3) is 0 Å². The van der Waals surface area contributed by atoms with Crippen LogP contribution in [0.4, 0.5) is 0 Å². The molecule has 0 spiro atoms. The van der Waals surface area contributed by atoms with E-state index in [9.17, 15) is 0 Å². The van der Waals surface area contributed by atoms with E-state index in [1.807, 2.05) is 0 Å². The van der Waals surface area contributed by atoms with Crippen LogP contribution >= 0.6 is 0 Å². The molecule has 0 aliphatic heterocycles. The SMILES string of the molecule is CCn1nc(C)c(C(C)N[C@H](C)c2ccccc2)c1C. The number of benzene rings is 1. The van der Waals surface area contributed by atoms with Gasteiger partial charge in [0.1, 0.15) is 0 Å². The third-order valence-electron chi connectivity index (χ3n) is 3.97. The summed E-state index contributed by atoms with van der Waals surface area (Å²) in [6.45, 7) is 11.7. The lowest BCUT2D eigenvalue weighted by molar-refractivity contribution is 0.490. The first-order valence-corrected chi connectivity index (χ1v) is 7.39. The molecule has 1 unspecified atom stereocenters. The molecule has 2 rings (SSSR count). The van der Waals surface area contributed by atoms with Crippen LogP contribution < -0.4 is 5.32 Å². The van der Waals surface area contributed by atoms with Gasteiger partial charge >= 0.3 is 0 Å². The van der Waals surface area contributed by atoms with E-state index in [2.05, 4.69) is 80.0 Å². The van der Waals surface area contributed by atoms with Crippen molar-refractivity contribution in [2.45, 2.75) is 53.2 Å². The van der Waals surface area contributed by atoms with Crippen LogP contribution in [-0.2, 0) is 6.54 Å². The maximum Gasteiger partial charge on any atom is 0.0644 e. The van der Waals surface area contributed by atoms with E-state index >= 15 is 0 Å². The Kier molecular flexibility index (Phi) is 4.61. The van der Waals surface area contributed by atoms with Crippen molar-refractivity contribution in [2.24, 2.45) is 0 Å². The Labute approximate surface area is 122 Å². The minimum atomic E-state index is 0.297. The third-order valence-corrected chi connectivity index (χ3v) is 3.97. The predicted molar refractivity (Wildman–Crippen MR) is 83.8 cm³/mol. The third kappa shape index (κ3) is 2.93. The summed E-state index contributed by atoms with van der Waals surface area (Å²) in [4.78, 5) is 0. The van der Waals surface area contributed by atoms with E-state index in [1.54, 1.807) is 0 Å². The van der Waals surface area contributed by atoms with Gasteiger partial charge in [0.25, 0.3) is 0 Å². The van der Waals surface area contributed by atoms with Crippen molar-refractivity contribution in [1.82, 2.24) is 15.1 Å². The molecule has 1 N–H and O–H groups in total. The molecule has 0 fully saturated rings. The van der Waals surface area contributed by atoms with Gasteiger partial charge in [0, 0.05) is 29.9 Å². The summed E-state index contributed by atoms with van der Waals surface area (Å²) in [7, 11) is 0. The van der Waals surface area contributed by atoms with E-state index in [0.717, 1.165) is 12.2 Å². The van der Waals surface area contributed by atoms with Crippen molar-refractivity contribution in [3.8, 4) is 0 Å². The first-order valence-electron chi connectivity index (χ1n) is 7.39. The van der Waals surface area contributed by atoms with Gasteiger partial charge in [-0.25, -0.2) is 0 Å². The minimum absolute atomic E-state index is 0.297. The van der Waals surface area contributed by atoms with Crippen LogP contribution in [0.15, 0.2) is 30.3 Å². The monoisotopic (exact) mass is 271 g/mol. The lowest BCUT2D eigenvalue weighted by Crippen LogP contribution is -2.23. The molecule has 0 bridgehead atoms. The van der Waals surface area contributed by atoms with Gasteiger partial charge in [-0.15, -0.1) is 0 Å². The fourth-order valence-electron chi connectivity index (χ4n) is 2.94. The summed E-state index contributed by atoms with van der Waals surface area (Å²) in [5, 5.41) is 8.28. The van der Waals surface area contributed by atoms with E-state index < -0.39 is 0 Å². The lowest BCUT2D eigenvalue weighted by atomic mass is 10.0. The van der Waals surface area contributed by atoms with Gasteiger partial charge < -0.3 is 5.32 Å². The average molecular weight is 271 g/mol. The zero-order valence-corrected chi connectivity index (χ0v) is 13.1. The Morgan fingerprint density at radius 2 is 1.75 bits per heavy atom. The highest BCUT2D eigenvalue weighted by Crippen LogP contribution is 2.24. The van der Waals surface area contributed by atoms with Gasteiger partial charge in [-0.2, -0.15) is 5.10 Å². The number of nitrogens with one attached hydrogen (secondary N) is 1. The molecule has 108 valence electrons. The molecule has 3 heteroatoms. The van der Waals surface area contributed by atoms with E-state index in [-0.39, 0.29) is 0 Å². The van der Waals surface area contributed by atoms with Gasteiger partial charge in [0.05, 0.1) is 5.69 Å². The summed E-state index contributed by atoms with van der Waals surface area (Å²) in [5.74, 6) is 0. The zero-order chi connectivity index (χ0) is 14.7. The fraction of sp³-hybridized carbons (Fsp3) is 0.471. The predicted octanol–water partition coefficient (Wildman–Crippen LogP) is 3.93. The van der Waals surface area contributed by atoms with Crippen molar-refractivity contribution in [3.05, 3.63) is 52.8 Å². The molecule has 1 aromatic heterocycles. The van der Waals surface area contributed by atoms with Crippen LogP contribution in [0.5, 0.6) is 0 Å². The lowest BCUT2D eigenvalue weighted by Gasteiger charge is -2.21. The minimum Gasteiger partial charge on any atom is -0.304 e. The normalized spacial score (nSPS) is 14.2. The second-order valence-electron chi connectivity index (χ2n) is 5.42. The highest BCUT2D eigenvalue weighted by molar-refractivity contribution is 5.28. The van der Waals surface area contributed by atoms with E-state index in [4.69, 9.17) is 0 Å². The highest BCUT2D eigenvalue weighted by Gasteiger charge is 2.18. The maximum absolute atomic E-state index is 4.61. The molecule has 0 saturated carbocycles. The zero-order valence-electron chi connectivity index (χ0n) is 13.1. The second kappa shape index (κ2) is 6.23. The first-order chi connectivity index (χ1) is 9.54. The Bertz CT molecular complexity index is 557. The van der Waals surface area contributed by atoms with Crippen LogP contribution in [0, 0.1) is 13.8 Å². The second-order valence-corrected chi connectivity index (χ2v) is 5.42. The Hall–Kier alpha value is -1.61. The van der Waals surface area contributed by atoms with Crippen molar-refractivity contribution in [1.29, 1.82) is 0 Å². The van der Waals surface area contributed by atoms with Crippen LogP contribution in [-0.4, -0.2) is 9.78 Å². The summed E-state index contributed by atoms with van der Waals surface area (Å²) >= 11 is 0. The molecule has 0 amide bonds. The smallest absolute Gasteiger partial charge is 0.0644 e. The fourth-order valence-corrected chi connectivity index (χ4v) is 2.94. The number of aromatic nitrogens is 2. The Morgan fingerprint density at radius 1 is 1.10 bits per heavy atom. The average Bonchev–Trinajstić information content (AvgIpc) is 2.74. The molecule has 20 heavy (non-hydrogen) atoms. The molecule has 2 aromatic rings. The molecular weight excluding hydrogens is 246 g/mol. The molecule has 1 aromatic carbocycles. The Morgan fingerprint density at radius 3 is 2.30 bits per heavy atom. The van der Waals surface area contributed by atoms with Gasteiger partial charge in [0.15, 0.2) is 0 Å². The van der Waals surface area contributed by atoms with Gasteiger partial charge in [-0.3, -0.25) is 4.68 Å². The van der Waals surface area contributed by atoms with E-state index in [1.165, 1.54) is 16.8 Å². The summed E-state index contributed by atoms with van der Waals surface area (Å²) in [6, 6.07) is 11.2. The highest BCUT2D eigenvalue weighted by atomic mass is 15.3. The van der Waals surface area contributed by atoms with Crippen molar-refractivity contribution >= 4 is 0 Å². The molecule has 0 aliphatic carbocycles. The summed E-state index contributed by atoms with van der Waals surface area (Å²) in [6.07, 6.45) is 0. The van der Waals surface area contributed by atoms with Crippen molar-refractivity contribution in [3.63, 3.8) is 0 Å². The number of aryl methyl sites for hydroxylation is 2. The largest absolute Gasteiger partial charge is 0.304 e. The van der Waals surface area contributed by atoms with Crippen LogP contribution in [0.2, 0.25) is 0 Å². The summed E-state index contributed by atoms with van der Waals surface area (Å²) < 4.78 is 2.08. The van der Waals surface area contributed by atoms with E-state index in [0.29, 0.717) is 12.1 Å². The molecule has 0 radical (unpaired) electrons. The topological polar surface area (TPSA) is 29.9 Å². The summed E-state index contributed by atoms with van der Waals surface area (Å²) in [5.41, 5.74) is 5.04. The maximum atomic E-state index is 4.61. The standard InChI is InChI=1S/C17H25N3/c1-6-20-15(5)17(14(4)19-20)13(3)18-12(2)16-10-8-7-9-11-16/h7-13,18H,6H2,1-5H3/t12-,13?/m1/s1. The molecular formula is C17H25N3. The Balaban J connectivity index is 2.16. The van der Waals surface area contributed by atoms with Gasteiger partial charge in [-0.05, 0) is 40.2 Å². The van der Waals surface area contributed by atoms with Crippen molar-refractivity contribution < 1.29 is 0 Å². The number of hydrogen-bond donors (Lipinski definition) is 1. The molecule has 2 atom stereocenters. The van der Waals surface area contributed by atoms with Gasteiger partial charge in [-0.1, -0.05) is 30.3 Å². The molecule has 1 heterocycles. The van der Waals surface area contributed by atoms with Crippen molar-refractivity contribution in [2.75, 3.05) is 0 Å². The number of hydrogen-bond acceptors (Lipinski definition) is 2. The number of nitrogens with zero attached hydrogens (tertiary/aromatic N) is 2.